The van der Waals surface area contributed by atoms with Crippen molar-refractivity contribution < 1.29 is 47.7 Å². The number of quaternary nitrogens is 1. The van der Waals surface area contributed by atoms with Crippen molar-refractivity contribution in [3.05, 3.63) is 0 Å². The average Bonchev–Trinajstić information content (AvgIpc) is 2.41. The highest BCUT2D eigenvalue weighted by atomic mass is 33.5. The summed E-state index contributed by atoms with van der Waals surface area (Å²) in [5, 5.41) is 0. The SMILES string of the molecule is CCCCCC[N+](C)(C)CC.O=S(=O)(SS(=O)(=O)C(F)(F)F)C(F)(F)F. The molecule has 0 saturated carbocycles. The first kappa shape index (κ1) is 28.0. The number of unbranched alkanes of at least 4 members (excludes halogenated alkanes) is 3. The fourth-order valence-electron chi connectivity index (χ4n) is 1.32. The maximum atomic E-state index is 11.5. The van der Waals surface area contributed by atoms with E-state index in [4.69, 9.17) is 0 Å². The summed E-state index contributed by atoms with van der Waals surface area (Å²) in [5.41, 5.74) is -12.1. The Bertz CT molecular complexity index is 570. The monoisotopic (exact) mass is 456 g/mol. The third-order valence-corrected chi connectivity index (χ3v) is 10.1. The fraction of sp³-hybridized carbons (Fsp3) is 1.00. The molecule has 0 aromatic rings. The van der Waals surface area contributed by atoms with Crippen molar-refractivity contribution in [2.45, 2.75) is 50.5 Å². The fourth-order valence-corrected chi connectivity index (χ4v) is 6.39. The summed E-state index contributed by atoms with van der Waals surface area (Å²) in [5.74, 6) is 0. The molecule has 0 saturated heterocycles. The molecule has 0 heterocycles. The molecule has 0 fully saturated rings. The Balaban J connectivity index is 0. The van der Waals surface area contributed by atoms with Crippen molar-refractivity contribution in [2.75, 3.05) is 27.2 Å². The lowest BCUT2D eigenvalue weighted by atomic mass is 10.2. The van der Waals surface area contributed by atoms with Crippen LogP contribution in [0.3, 0.4) is 0 Å². The summed E-state index contributed by atoms with van der Waals surface area (Å²) in [6.45, 7) is 7.13. The number of halogens is 6. The van der Waals surface area contributed by atoms with Crippen molar-refractivity contribution in [2.24, 2.45) is 0 Å². The molecule has 0 aliphatic carbocycles. The van der Waals surface area contributed by atoms with E-state index in [-0.39, 0.29) is 0 Å². The summed E-state index contributed by atoms with van der Waals surface area (Å²) < 4.78 is 111. The van der Waals surface area contributed by atoms with E-state index >= 15 is 0 Å². The van der Waals surface area contributed by atoms with Gasteiger partial charge in [-0.3, -0.25) is 0 Å². The van der Waals surface area contributed by atoms with Crippen LogP contribution in [0.15, 0.2) is 0 Å². The predicted molar refractivity (Wildman–Crippen MR) is 89.2 cm³/mol. The zero-order valence-corrected chi connectivity index (χ0v) is 17.3. The van der Waals surface area contributed by atoms with E-state index in [0.717, 1.165) is 0 Å². The highest BCUT2D eigenvalue weighted by molar-refractivity contribution is 9.04. The normalized spacial score (nSPS) is 13.9. The lowest BCUT2D eigenvalue weighted by molar-refractivity contribution is -0.888. The molecule has 0 N–H and O–H groups in total. The van der Waals surface area contributed by atoms with E-state index < -0.39 is 38.6 Å². The lowest BCUT2D eigenvalue weighted by Gasteiger charge is -2.28. The van der Waals surface area contributed by atoms with Crippen molar-refractivity contribution in [1.29, 1.82) is 0 Å². The Labute approximate surface area is 153 Å². The Morgan fingerprint density at radius 2 is 1.15 bits per heavy atom. The molecule has 26 heavy (non-hydrogen) atoms. The van der Waals surface area contributed by atoms with E-state index in [1.807, 2.05) is 0 Å². The largest absolute Gasteiger partial charge is 0.508 e. The minimum absolute atomic E-state index is 1.18. The predicted octanol–water partition coefficient (Wildman–Crippen LogP) is 4.08. The minimum Gasteiger partial charge on any atom is -0.329 e. The van der Waals surface area contributed by atoms with Gasteiger partial charge in [-0.2, -0.15) is 26.3 Å². The van der Waals surface area contributed by atoms with Gasteiger partial charge in [-0.15, -0.1) is 0 Å². The molecule has 0 bridgehead atoms. The average molecular weight is 457 g/mol. The number of hydrogen-bond acceptors (Lipinski definition) is 5. The standard InChI is InChI=1S/C10H24N.C2F6O4S3/c1-5-7-8-9-10-11(3,4)6-2;3-1(4,5)14(9,10)13-15(11,12)2(6,7)8/h5-10H2,1-4H3;/q+1;. The van der Waals surface area contributed by atoms with Gasteiger partial charge in [0.15, 0.2) is 0 Å². The van der Waals surface area contributed by atoms with Crippen LogP contribution in [0.2, 0.25) is 0 Å². The number of rotatable bonds is 8. The molecule has 0 amide bonds. The molecule has 0 atom stereocenters. The second-order valence-electron chi connectivity index (χ2n) is 5.90. The molecule has 0 spiro atoms. The molecule has 0 radical (unpaired) electrons. The van der Waals surface area contributed by atoms with Crippen LogP contribution in [0, 0.1) is 0 Å². The van der Waals surface area contributed by atoms with Gasteiger partial charge in [0.1, 0.15) is 9.83 Å². The molecule has 0 unspecified atom stereocenters. The first-order valence-electron chi connectivity index (χ1n) is 7.48. The molecular formula is C12H24F6NO4S3+. The first-order valence-corrected chi connectivity index (χ1v) is 12.3. The number of hydrogen-bond donors (Lipinski definition) is 0. The zero-order valence-electron chi connectivity index (χ0n) is 14.8. The summed E-state index contributed by atoms with van der Waals surface area (Å²) in [6, 6.07) is 0. The highest BCUT2D eigenvalue weighted by Crippen LogP contribution is 2.42. The topological polar surface area (TPSA) is 68.3 Å². The third kappa shape index (κ3) is 10.8. The van der Waals surface area contributed by atoms with Gasteiger partial charge in [-0.05, 0) is 19.8 Å². The Morgan fingerprint density at radius 1 is 0.769 bits per heavy atom. The van der Waals surface area contributed by atoms with Gasteiger partial charge in [0.25, 0.3) is 0 Å². The van der Waals surface area contributed by atoms with Crippen LogP contribution in [-0.4, -0.2) is 59.5 Å². The van der Waals surface area contributed by atoms with Crippen LogP contribution in [0.25, 0.3) is 0 Å². The lowest BCUT2D eigenvalue weighted by Crippen LogP contribution is -2.39. The van der Waals surface area contributed by atoms with Crippen molar-refractivity contribution in [3.8, 4) is 0 Å². The van der Waals surface area contributed by atoms with Gasteiger partial charge in [0.05, 0.1) is 27.2 Å². The van der Waals surface area contributed by atoms with Gasteiger partial charge >= 0.3 is 28.8 Å². The number of nitrogens with zero attached hydrogens (tertiary/aromatic N) is 1. The van der Waals surface area contributed by atoms with Crippen LogP contribution in [0.4, 0.5) is 26.3 Å². The third-order valence-electron chi connectivity index (χ3n) is 3.22. The van der Waals surface area contributed by atoms with Gasteiger partial charge in [0, 0.05) is 0 Å². The molecule has 0 aliphatic rings. The van der Waals surface area contributed by atoms with E-state index in [9.17, 15) is 43.2 Å². The zero-order chi connectivity index (χ0) is 21.4. The Kier molecular flexibility index (Phi) is 11.2. The van der Waals surface area contributed by atoms with E-state index in [0.29, 0.717) is 0 Å². The van der Waals surface area contributed by atoms with Crippen LogP contribution in [-0.2, 0) is 17.7 Å². The Hall–Kier alpha value is -0.210. The van der Waals surface area contributed by atoms with Gasteiger partial charge in [-0.25, -0.2) is 16.8 Å². The van der Waals surface area contributed by atoms with E-state index in [1.165, 1.54) is 43.3 Å². The highest BCUT2D eigenvalue weighted by Gasteiger charge is 2.56. The van der Waals surface area contributed by atoms with Gasteiger partial charge in [-0.1, -0.05) is 19.8 Å². The molecule has 0 aliphatic heterocycles. The smallest absolute Gasteiger partial charge is 0.329 e. The summed E-state index contributed by atoms with van der Waals surface area (Å²) in [4.78, 5) is 0. The van der Waals surface area contributed by atoms with Crippen molar-refractivity contribution >= 4 is 27.6 Å². The van der Waals surface area contributed by atoms with Gasteiger partial charge in [0.2, 0.25) is 0 Å². The van der Waals surface area contributed by atoms with Crippen LogP contribution < -0.4 is 0 Å². The molecular weight excluding hydrogens is 432 g/mol. The van der Waals surface area contributed by atoms with Crippen molar-refractivity contribution in [3.63, 3.8) is 0 Å². The summed E-state index contributed by atoms with van der Waals surface area (Å²) in [6.07, 6.45) is 5.57. The minimum atomic E-state index is -6.43. The maximum absolute atomic E-state index is 11.5. The first-order chi connectivity index (χ1) is 11.3. The van der Waals surface area contributed by atoms with Crippen molar-refractivity contribution in [1.82, 2.24) is 0 Å². The van der Waals surface area contributed by atoms with Crippen LogP contribution >= 0.6 is 9.83 Å². The Morgan fingerprint density at radius 3 is 1.42 bits per heavy atom. The second-order valence-corrected chi connectivity index (χ2v) is 13.0. The van der Waals surface area contributed by atoms with Crippen LogP contribution in [0.1, 0.15) is 39.5 Å². The molecule has 0 aromatic heterocycles. The summed E-state index contributed by atoms with van der Waals surface area (Å²) >= 11 is 0. The molecule has 0 aromatic carbocycles. The molecule has 14 heteroatoms. The maximum Gasteiger partial charge on any atom is 0.508 e. The summed E-state index contributed by atoms with van der Waals surface area (Å²) in [7, 11) is -10.4. The molecule has 0 rings (SSSR count). The number of alkyl halides is 6. The molecule has 5 nitrogen and oxygen atoms in total. The van der Waals surface area contributed by atoms with Gasteiger partial charge < -0.3 is 4.48 Å². The van der Waals surface area contributed by atoms with E-state index in [2.05, 4.69) is 27.9 Å². The quantitative estimate of drug-likeness (QED) is 0.238. The van der Waals surface area contributed by atoms with E-state index in [1.54, 1.807) is 0 Å². The second kappa shape index (κ2) is 10.4. The van der Waals surface area contributed by atoms with Crippen LogP contribution in [0.5, 0.6) is 0 Å². The molecule has 160 valence electrons.